The normalized spacial score (nSPS) is 28.0. The lowest BCUT2D eigenvalue weighted by atomic mass is 9.87. The molecule has 0 radical (unpaired) electrons. The number of benzene rings is 1. The molecule has 0 fully saturated rings. The quantitative estimate of drug-likeness (QED) is 0.0975. The Morgan fingerprint density at radius 2 is 1.54 bits per heavy atom. The summed E-state index contributed by atoms with van der Waals surface area (Å²) in [7, 11) is 2.85. The smallest absolute Gasteiger partial charge is 0.334 e. The van der Waals surface area contributed by atoms with E-state index < -0.39 is 96.2 Å². The number of ether oxygens (including phenoxy) is 1. The summed E-state index contributed by atoms with van der Waals surface area (Å²) in [5, 5.41) is 15.1. The van der Waals surface area contributed by atoms with Crippen LogP contribution >= 0.6 is 0 Å². The summed E-state index contributed by atoms with van der Waals surface area (Å²) in [5.41, 5.74) is 11.2. The fourth-order valence-corrected chi connectivity index (χ4v) is 6.90. The summed E-state index contributed by atoms with van der Waals surface area (Å²) < 4.78 is 5.71. The maximum atomic E-state index is 14.2. The molecule has 17 heteroatoms. The SMILES string of the molecule is C/C=C(\C)[C@H]1NC(=O)[C@@H](C)NC(=O)[C@H](C(C)CC)NC(=O)CN(C)C(=O)[C@@H](Cc2ccccc2)N(C)C(=O)[C@H](C)NC(=O)[C@@H](CC(C)C)OC(=O)/C(C)=C/CC(N=[N+]=[N-])[C@@H]1C. The van der Waals surface area contributed by atoms with Gasteiger partial charge in [0.15, 0.2) is 6.10 Å². The van der Waals surface area contributed by atoms with Crippen LogP contribution in [-0.4, -0.2) is 114 Å². The Morgan fingerprint density at radius 3 is 2.11 bits per heavy atom. The first-order chi connectivity index (χ1) is 28.7. The van der Waals surface area contributed by atoms with Crippen LogP contribution in [0.2, 0.25) is 0 Å². The maximum Gasteiger partial charge on any atom is 0.334 e. The van der Waals surface area contributed by atoms with Crippen molar-refractivity contribution in [3.8, 4) is 0 Å². The molecule has 6 amide bonds. The summed E-state index contributed by atoms with van der Waals surface area (Å²) in [6.45, 7) is 16.8. The van der Waals surface area contributed by atoms with E-state index in [0.717, 1.165) is 11.1 Å². The average molecular weight is 850 g/mol. The molecule has 17 nitrogen and oxygen atoms in total. The summed E-state index contributed by atoms with van der Waals surface area (Å²) in [4.78, 5) is 102. The van der Waals surface area contributed by atoms with Gasteiger partial charge in [-0.25, -0.2) is 4.79 Å². The molecule has 9 atom stereocenters. The molecule has 4 N–H and O–H groups in total. The van der Waals surface area contributed by atoms with Gasteiger partial charge >= 0.3 is 5.97 Å². The zero-order chi connectivity index (χ0) is 46.1. The number of carbonyl (C=O) groups excluding carboxylic acids is 7. The van der Waals surface area contributed by atoms with Crippen LogP contribution in [0.3, 0.4) is 0 Å². The minimum absolute atomic E-state index is 0.0784. The number of nitrogens with zero attached hydrogens (tertiary/aromatic N) is 5. The number of hydrogen-bond acceptors (Lipinski definition) is 9. The molecule has 2 unspecified atom stereocenters. The summed E-state index contributed by atoms with van der Waals surface area (Å²) in [5.74, 6) is -5.41. The van der Waals surface area contributed by atoms with Crippen molar-refractivity contribution < 1.29 is 38.3 Å². The maximum absolute atomic E-state index is 14.2. The van der Waals surface area contributed by atoms with E-state index in [9.17, 15) is 39.1 Å². The Hall–Kier alpha value is -5.70. The van der Waals surface area contributed by atoms with Crippen LogP contribution < -0.4 is 21.3 Å². The third-order valence-electron chi connectivity index (χ3n) is 11.2. The number of allylic oxidation sites excluding steroid dienone is 1. The van der Waals surface area contributed by atoms with Gasteiger partial charge in [0.2, 0.25) is 29.5 Å². The first-order valence-corrected chi connectivity index (χ1v) is 21.0. The second-order valence-corrected chi connectivity index (χ2v) is 16.5. The lowest BCUT2D eigenvalue weighted by Gasteiger charge is -2.33. The molecule has 2 rings (SSSR count). The van der Waals surface area contributed by atoms with Gasteiger partial charge in [0.1, 0.15) is 24.2 Å². The molecule has 0 saturated heterocycles. The molecule has 1 heterocycles. The highest BCUT2D eigenvalue weighted by Gasteiger charge is 2.36. The average Bonchev–Trinajstić information content (AvgIpc) is 3.22. The number of azide groups is 1. The molecule has 0 bridgehead atoms. The number of cyclic esters (lactones) is 1. The van der Waals surface area contributed by atoms with Crippen molar-refractivity contribution >= 4 is 41.4 Å². The Kier molecular flexibility index (Phi) is 20.7. The van der Waals surface area contributed by atoms with Crippen molar-refractivity contribution in [1.82, 2.24) is 31.1 Å². The minimum atomic E-state index is -1.27. The molecule has 336 valence electrons. The van der Waals surface area contributed by atoms with E-state index in [-0.39, 0.29) is 36.7 Å². The second kappa shape index (κ2) is 24.5. The van der Waals surface area contributed by atoms with Crippen LogP contribution in [0.5, 0.6) is 0 Å². The largest absolute Gasteiger partial charge is 0.449 e. The van der Waals surface area contributed by atoms with Crippen LogP contribution in [0.1, 0.15) is 94.1 Å². The van der Waals surface area contributed by atoms with Crippen molar-refractivity contribution in [2.75, 3.05) is 20.6 Å². The topological polar surface area (TPSA) is 232 Å². The standard InChI is InChI=1S/C44H67N9O8/c1-13-26(5)37-29(8)33(50-51-45)21-20-28(7)44(60)61-35(22-25(3)4)40(56)47-31(10)42(58)53(12)34(23-32-18-16-15-17-19-32)43(59)52(11)24-36(54)48-38(27(6)14-2)41(57)46-30(9)39(55)49-37/h13,15-20,25,27,29-31,33-35,37-38H,14,21-24H2,1-12H3,(H,46,57)(H,47,56)(H,48,54)(H,49,55)/b26-13+,28-20+/t27?,29-,30+,31-,33?,34+,35+,37+,38-/m0/s1. The number of esters is 1. The third-order valence-corrected chi connectivity index (χ3v) is 11.2. The zero-order valence-corrected chi connectivity index (χ0v) is 37.9. The Balaban J connectivity index is 2.68. The van der Waals surface area contributed by atoms with Crippen LogP contribution in [-0.2, 0) is 44.7 Å². The van der Waals surface area contributed by atoms with Crippen LogP contribution in [0, 0.1) is 17.8 Å². The van der Waals surface area contributed by atoms with Crippen molar-refractivity contribution in [2.24, 2.45) is 22.9 Å². The van der Waals surface area contributed by atoms with Crippen LogP contribution in [0.15, 0.2) is 58.7 Å². The fourth-order valence-electron chi connectivity index (χ4n) is 6.90. The molecule has 1 aliphatic heterocycles. The van der Waals surface area contributed by atoms with Gasteiger partial charge in [-0.15, -0.1) is 0 Å². The molecule has 1 aromatic carbocycles. The molecular weight excluding hydrogens is 783 g/mol. The number of amides is 6. The highest BCUT2D eigenvalue weighted by atomic mass is 16.5. The summed E-state index contributed by atoms with van der Waals surface area (Å²) in [6.07, 6.45) is 2.88. The van der Waals surface area contributed by atoms with E-state index in [1.165, 1.54) is 44.7 Å². The Morgan fingerprint density at radius 1 is 0.918 bits per heavy atom. The first kappa shape index (κ1) is 51.4. The molecular formula is C44H67N9O8. The molecule has 1 aliphatic rings. The van der Waals surface area contributed by atoms with Crippen molar-refractivity contribution in [2.45, 2.75) is 137 Å². The summed E-state index contributed by atoms with van der Waals surface area (Å²) in [6, 6.07) is 3.22. The molecule has 0 saturated carbocycles. The number of carbonyl (C=O) groups is 7. The van der Waals surface area contributed by atoms with E-state index in [1.54, 1.807) is 51.1 Å². The summed E-state index contributed by atoms with van der Waals surface area (Å²) >= 11 is 0. The van der Waals surface area contributed by atoms with Gasteiger partial charge in [-0.2, -0.15) is 0 Å². The lowest BCUT2D eigenvalue weighted by molar-refractivity contribution is -0.154. The molecule has 0 spiro atoms. The van der Waals surface area contributed by atoms with Gasteiger partial charge in [0.05, 0.1) is 12.6 Å². The second-order valence-electron chi connectivity index (χ2n) is 16.5. The molecule has 1 aromatic rings. The predicted octanol–water partition coefficient (Wildman–Crippen LogP) is 4.13. The van der Waals surface area contributed by atoms with Gasteiger partial charge in [0, 0.05) is 37.0 Å². The van der Waals surface area contributed by atoms with Gasteiger partial charge in [-0.3, -0.25) is 28.8 Å². The highest BCUT2D eigenvalue weighted by molar-refractivity contribution is 5.96. The van der Waals surface area contributed by atoms with Crippen molar-refractivity contribution in [1.29, 1.82) is 0 Å². The van der Waals surface area contributed by atoms with E-state index >= 15 is 0 Å². The van der Waals surface area contributed by atoms with Gasteiger partial charge in [-0.1, -0.05) is 94.2 Å². The van der Waals surface area contributed by atoms with Crippen LogP contribution in [0.4, 0.5) is 0 Å². The highest BCUT2D eigenvalue weighted by Crippen LogP contribution is 2.23. The number of rotatable bonds is 8. The van der Waals surface area contributed by atoms with E-state index in [4.69, 9.17) is 4.74 Å². The monoisotopic (exact) mass is 850 g/mol. The number of hydrogen-bond donors (Lipinski definition) is 4. The Bertz CT molecular complexity index is 1830. The minimum Gasteiger partial charge on any atom is -0.449 e. The third kappa shape index (κ3) is 15.4. The Labute approximate surface area is 360 Å². The van der Waals surface area contributed by atoms with Gasteiger partial charge in [0.25, 0.3) is 5.91 Å². The van der Waals surface area contributed by atoms with Gasteiger partial charge in [-0.05, 0) is 76.3 Å². The van der Waals surface area contributed by atoms with Gasteiger partial charge < -0.3 is 35.8 Å². The lowest BCUT2D eigenvalue weighted by Crippen LogP contribution is -2.58. The van der Waals surface area contributed by atoms with E-state index in [0.29, 0.717) is 6.42 Å². The number of nitrogens with one attached hydrogen (secondary N) is 4. The first-order valence-electron chi connectivity index (χ1n) is 21.0. The number of likely N-dealkylation sites (N-methyl/N-ethyl adjacent to an activating group) is 2. The predicted molar refractivity (Wildman–Crippen MR) is 232 cm³/mol. The van der Waals surface area contributed by atoms with Crippen molar-refractivity contribution in [3.63, 3.8) is 0 Å². The fraction of sp³-hybridized carbons (Fsp3) is 0.614. The zero-order valence-electron chi connectivity index (χ0n) is 37.9. The molecule has 61 heavy (non-hydrogen) atoms. The van der Waals surface area contributed by atoms with Crippen LogP contribution in [0.25, 0.3) is 10.4 Å². The van der Waals surface area contributed by atoms with E-state index in [2.05, 4.69) is 31.3 Å². The van der Waals surface area contributed by atoms with Crippen molar-refractivity contribution in [3.05, 3.63) is 69.6 Å². The van der Waals surface area contributed by atoms with E-state index in [1.807, 2.05) is 39.8 Å². The molecule has 0 aromatic heterocycles. The molecule has 0 aliphatic carbocycles.